The van der Waals surface area contributed by atoms with Gasteiger partial charge in [-0.05, 0) is 37.3 Å². The van der Waals surface area contributed by atoms with E-state index in [9.17, 15) is 0 Å². The van der Waals surface area contributed by atoms with Crippen LogP contribution in [0.1, 0.15) is 38.2 Å². The van der Waals surface area contributed by atoms with E-state index >= 15 is 0 Å². The van der Waals surface area contributed by atoms with Gasteiger partial charge in [-0.2, -0.15) is 0 Å². The summed E-state index contributed by atoms with van der Waals surface area (Å²) in [4.78, 5) is 0. The van der Waals surface area contributed by atoms with Crippen molar-refractivity contribution in [1.29, 1.82) is 0 Å². The molecule has 1 aromatic carbocycles. The third-order valence-electron chi connectivity index (χ3n) is 3.50. The molecule has 1 fully saturated rings. The smallest absolute Gasteiger partial charge is 0.00672 e. The fraction of sp³-hybridized carbons (Fsp3) is 0.600. The third kappa shape index (κ3) is 3.97. The van der Waals surface area contributed by atoms with Crippen LogP contribution in [-0.4, -0.2) is 12.6 Å². The van der Waals surface area contributed by atoms with Crippen molar-refractivity contribution in [2.24, 2.45) is 5.92 Å². The third-order valence-corrected chi connectivity index (χ3v) is 3.50. The highest BCUT2D eigenvalue weighted by Gasteiger charge is 2.24. The molecular formula is C15H23N. The molecule has 1 saturated carbocycles. The maximum Gasteiger partial charge on any atom is 0.00672 e. The van der Waals surface area contributed by atoms with Crippen molar-refractivity contribution < 1.29 is 0 Å². The van der Waals surface area contributed by atoms with E-state index in [1.807, 2.05) is 0 Å². The Bertz CT molecular complexity index is 290. The first kappa shape index (κ1) is 11.7. The van der Waals surface area contributed by atoms with E-state index in [2.05, 4.69) is 42.6 Å². The van der Waals surface area contributed by atoms with Crippen molar-refractivity contribution >= 4 is 0 Å². The van der Waals surface area contributed by atoms with Crippen LogP contribution in [0.25, 0.3) is 0 Å². The summed E-state index contributed by atoms with van der Waals surface area (Å²) in [5.41, 5.74) is 1.44. The SMILES string of the molecule is CCC(CC1CC1)NCCc1ccccc1. The van der Waals surface area contributed by atoms with E-state index in [-0.39, 0.29) is 0 Å². The number of hydrogen-bond acceptors (Lipinski definition) is 1. The molecule has 0 heterocycles. The van der Waals surface area contributed by atoms with Crippen molar-refractivity contribution in [2.45, 2.75) is 45.1 Å². The number of benzene rings is 1. The Morgan fingerprint density at radius 3 is 2.62 bits per heavy atom. The first-order valence-corrected chi connectivity index (χ1v) is 6.65. The molecule has 1 aliphatic carbocycles. The summed E-state index contributed by atoms with van der Waals surface area (Å²) < 4.78 is 0. The van der Waals surface area contributed by atoms with Gasteiger partial charge in [-0.1, -0.05) is 50.1 Å². The molecule has 1 unspecified atom stereocenters. The van der Waals surface area contributed by atoms with Gasteiger partial charge < -0.3 is 5.32 Å². The van der Waals surface area contributed by atoms with Gasteiger partial charge in [-0.3, -0.25) is 0 Å². The molecule has 0 saturated heterocycles. The molecule has 2 rings (SSSR count). The number of hydrogen-bond donors (Lipinski definition) is 1. The monoisotopic (exact) mass is 217 g/mol. The van der Waals surface area contributed by atoms with Crippen molar-refractivity contribution in [3.8, 4) is 0 Å². The lowest BCUT2D eigenvalue weighted by Gasteiger charge is -2.16. The lowest BCUT2D eigenvalue weighted by atomic mass is 10.1. The molecule has 1 aromatic rings. The van der Waals surface area contributed by atoms with Crippen LogP contribution in [0.3, 0.4) is 0 Å². The Balaban J connectivity index is 1.65. The highest BCUT2D eigenvalue weighted by Crippen LogP contribution is 2.33. The maximum absolute atomic E-state index is 3.69. The lowest BCUT2D eigenvalue weighted by Crippen LogP contribution is -2.30. The highest BCUT2D eigenvalue weighted by molar-refractivity contribution is 5.14. The van der Waals surface area contributed by atoms with Gasteiger partial charge in [0, 0.05) is 6.04 Å². The minimum Gasteiger partial charge on any atom is -0.314 e. The molecule has 0 aromatic heterocycles. The highest BCUT2D eigenvalue weighted by atomic mass is 14.9. The van der Waals surface area contributed by atoms with Gasteiger partial charge in [0.1, 0.15) is 0 Å². The van der Waals surface area contributed by atoms with Crippen molar-refractivity contribution in [1.82, 2.24) is 5.32 Å². The summed E-state index contributed by atoms with van der Waals surface area (Å²) in [6.45, 7) is 3.41. The van der Waals surface area contributed by atoms with Crippen LogP contribution < -0.4 is 5.32 Å². The summed E-state index contributed by atoms with van der Waals surface area (Å²) in [6, 6.07) is 11.5. The Kier molecular flexibility index (Phi) is 4.41. The number of nitrogens with one attached hydrogen (secondary N) is 1. The zero-order valence-electron chi connectivity index (χ0n) is 10.3. The van der Waals surface area contributed by atoms with E-state index in [1.165, 1.54) is 31.2 Å². The zero-order chi connectivity index (χ0) is 11.2. The van der Waals surface area contributed by atoms with Gasteiger partial charge in [0.25, 0.3) is 0 Å². The molecule has 1 atom stereocenters. The average molecular weight is 217 g/mol. The average Bonchev–Trinajstić information content (AvgIpc) is 3.13. The molecule has 1 aliphatic rings. The van der Waals surface area contributed by atoms with Gasteiger partial charge in [0.15, 0.2) is 0 Å². The van der Waals surface area contributed by atoms with Crippen molar-refractivity contribution in [2.75, 3.05) is 6.54 Å². The van der Waals surface area contributed by atoms with E-state index in [1.54, 1.807) is 0 Å². The van der Waals surface area contributed by atoms with Crippen LogP contribution >= 0.6 is 0 Å². The van der Waals surface area contributed by atoms with Crippen molar-refractivity contribution in [3.63, 3.8) is 0 Å². The molecule has 0 radical (unpaired) electrons. The second-order valence-electron chi connectivity index (χ2n) is 4.97. The second-order valence-corrected chi connectivity index (χ2v) is 4.97. The quantitative estimate of drug-likeness (QED) is 0.738. The lowest BCUT2D eigenvalue weighted by molar-refractivity contribution is 0.449. The molecule has 0 spiro atoms. The van der Waals surface area contributed by atoms with Gasteiger partial charge in [-0.15, -0.1) is 0 Å². The van der Waals surface area contributed by atoms with Gasteiger partial charge >= 0.3 is 0 Å². The Morgan fingerprint density at radius 1 is 1.25 bits per heavy atom. The normalized spacial score (nSPS) is 17.3. The van der Waals surface area contributed by atoms with E-state index < -0.39 is 0 Å². The molecular weight excluding hydrogens is 194 g/mol. The number of rotatable bonds is 7. The van der Waals surface area contributed by atoms with E-state index in [0.717, 1.165) is 24.9 Å². The van der Waals surface area contributed by atoms with Crippen LogP contribution in [0.5, 0.6) is 0 Å². The minimum atomic E-state index is 0.746. The van der Waals surface area contributed by atoms with Gasteiger partial charge in [-0.25, -0.2) is 0 Å². The zero-order valence-corrected chi connectivity index (χ0v) is 10.3. The van der Waals surface area contributed by atoms with E-state index in [4.69, 9.17) is 0 Å². The summed E-state index contributed by atoms with van der Waals surface area (Å²) >= 11 is 0. The van der Waals surface area contributed by atoms with Crippen LogP contribution in [0.2, 0.25) is 0 Å². The first-order chi connectivity index (χ1) is 7.88. The fourth-order valence-electron chi connectivity index (χ4n) is 2.22. The van der Waals surface area contributed by atoms with Crippen LogP contribution in [0.15, 0.2) is 30.3 Å². The summed E-state index contributed by atoms with van der Waals surface area (Å²) in [7, 11) is 0. The van der Waals surface area contributed by atoms with Crippen molar-refractivity contribution in [3.05, 3.63) is 35.9 Å². The van der Waals surface area contributed by atoms with Gasteiger partial charge in [0.2, 0.25) is 0 Å². The second kappa shape index (κ2) is 6.05. The molecule has 1 N–H and O–H groups in total. The van der Waals surface area contributed by atoms with Gasteiger partial charge in [0.05, 0.1) is 0 Å². The Labute approximate surface area is 99.3 Å². The molecule has 88 valence electrons. The van der Waals surface area contributed by atoms with E-state index in [0.29, 0.717) is 0 Å². The van der Waals surface area contributed by atoms with Crippen LogP contribution in [0, 0.1) is 5.92 Å². The molecule has 1 nitrogen and oxygen atoms in total. The molecule has 0 aliphatic heterocycles. The molecule has 0 bridgehead atoms. The maximum atomic E-state index is 3.69. The largest absolute Gasteiger partial charge is 0.314 e. The summed E-state index contributed by atoms with van der Waals surface area (Å²) in [5, 5.41) is 3.69. The first-order valence-electron chi connectivity index (χ1n) is 6.65. The minimum absolute atomic E-state index is 0.746. The molecule has 0 amide bonds. The summed E-state index contributed by atoms with van der Waals surface area (Å²) in [6.07, 6.45) is 6.76. The summed E-state index contributed by atoms with van der Waals surface area (Å²) in [5.74, 6) is 1.04. The predicted octanol–water partition coefficient (Wildman–Crippen LogP) is 3.40. The fourth-order valence-corrected chi connectivity index (χ4v) is 2.22. The van der Waals surface area contributed by atoms with Crippen LogP contribution in [-0.2, 0) is 6.42 Å². The Morgan fingerprint density at radius 2 is 2.00 bits per heavy atom. The van der Waals surface area contributed by atoms with Crippen LogP contribution in [0.4, 0.5) is 0 Å². The predicted molar refractivity (Wildman–Crippen MR) is 69.6 cm³/mol. The standard InChI is InChI=1S/C15H23N/c1-2-15(12-14-8-9-14)16-11-10-13-6-4-3-5-7-13/h3-7,14-16H,2,8-12H2,1H3. The molecule has 16 heavy (non-hydrogen) atoms. The Hall–Kier alpha value is -0.820. The molecule has 1 heteroatoms. The topological polar surface area (TPSA) is 12.0 Å².